The van der Waals surface area contributed by atoms with Crippen molar-refractivity contribution in [3.8, 4) is 5.75 Å². The Balaban J connectivity index is 0.00000261. The van der Waals surface area contributed by atoms with Crippen LogP contribution in [0, 0.1) is 0 Å². The minimum Gasteiger partial charge on any atom is -0.493 e. The van der Waals surface area contributed by atoms with Crippen LogP contribution in [-0.4, -0.2) is 50.1 Å². The topological polar surface area (TPSA) is 66.0 Å². The van der Waals surface area contributed by atoms with Crippen molar-refractivity contribution < 1.29 is 9.53 Å². The number of carbonyl (C=O) groups is 1. The Bertz CT molecular complexity index is 645. The highest BCUT2D eigenvalue weighted by Gasteiger charge is 2.23. The van der Waals surface area contributed by atoms with Gasteiger partial charge < -0.3 is 20.3 Å². The molecule has 0 spiro atoms. The number of ether oxygens (including phenoxy) is 1. The van der Waals surface area contributed by atoms with Crippen LogP contribution in [0.25, 0.3) is 0 Å². The van der Waals surface area contributed by atoms with Gasteiger partial charge in [0.2, 0.25) is 5.91 Å². The lowest BCUT2D eigenvalue weighted by Gasteiger charge is -2.30. The molecule has 0 bridgehead atoms. The Morgan fingerprint density at radius 2 is 1.89 bits per heavy atom. The number of amides is 1. The molecule has 1 aromatic rings. The standard InChI is InChI=1S/C20H30N4O2.HI/c1-24(2)19(25)14-21-20(22-15-8-4-3-5-9-15)23-17-12-13-26-18-11-7-6-10-16(17)18;/h6-7,10-11,15,17H,3-5,8-9,12-14H2,1-2H3,(H2,21,22,23);1H. The summed E-state index contributed by atoms with van der Waals surface area (Å²) in [4.78, 5) is 18.1. The van der Waals surface area contributed by atoms with E-state index in [0.717, 1.165) is 36.5 Å². The minimum atomic E-state index is 0. The first kappa shape index (κ1) is 21.8. The fraction of sp³-hybridized carbons (Fsp3) is 0.600. The normalized spacial score (nSPS) is 19.9. The van der Waals surface area contributed by atoms with E-state index in [4.69, 9.17) is 4.74 Å². The van der Waals surface area contributed by atoms with E-state index in [-0.39, 0.29) is 42.5 Å². The van der Waals surface area contributed by atoms with Gasteiger partial charge in [0.15, 0.2) is 5.96 Å². The Labute approximate surface area is 179 Å². The van der Waals surface area contributed by atoms with Gasteiger partial charge in [-0.1, -0.05) is 37.5 Å². The Morgan fingerprint density at radius 1 is 1.15 bits per heavy atom. The molecule has 7 heteroatoms. The highest BCUT2D eigenvalue weighted by atomic mass is 127. The minimum absolute atomic E-state index is 0. The quantitative estimate of drug-likeness (QED) is 0.390. The number of nitrogens with one attached hydrogen (secondary N) is 2. The van der Waals surface area contributed by atoms with Gasteiger partial charge in [0.1, 0.15) is 12.3 Å². The van der Waals surface area contributed by atoms with E-state index in [1.54, 1.807) is 19.0 Å². The summed E-state index contributed by atoms with van der Waals surface area (Å²) in [6, 6.07) is 8.69. The average Bonchev–Trinajstić information content (AvgIpc) is 2.67. The molecule has 1 heterocycles. The summed E-state index contributed by atoms with van der Waals surface area (Å²) in [7, 11) is 3.52. The number of rotatable bonds is 4. The van der Waals surface area contributed by atoms with Crippen LogP contribution in [0.4, 0.5) is 0 Å². The lowest BCUT2D eigenvalue weighted by atomic mass is 9.95. The zero-order valence-corrected chi connectivity index (χ0v) is 18.6. The molecule has 1 unspecified atom stereocenters. The molecule has 1 aliphatic carbocycles. The molecule has 1 amide bonds. The van der Waals surface area contributed by atoms with Gasteiger partial charge in [-0.2, -0.15) is 0 Å². The van der Waals surface area contributed by atoms with Gasteiger partial charge in [-0.25, -0.2) is 4.99 Å². The maximum atomic E-state index is 12.0. The summed E-state index contributed by atoms with van der Waals surface area (Å²) < 4.78 is 5.75. The van der Waals surface area contributed by atoms with Crippen molar-refractivity contribution in [1.82, 2.24) is 15.5 Å². The number of aliphatic imine (C=N–C) groups is 1. The van der Waals surface area contributed by atoms with Gasteiger partial charge >= 0.3 is 0 Å². The smallest absolute Gasteiger partial charge is 0.243 e. The van der Waals surface area contributed by atoms with Crippen LogP contribution < -0.4 is 15.4 Å². The van der Waals surface area contributed by atoms with Crippen molar-refractivity contribution in [2.75, 3.05) is 27.2 Å². The monoisotopic (exact) mass is 486 g/mol. The molecule has 1 atom stereocenters. The predicted molar refractivity (Wildman–Crippen MR) is 119 cm³/mol. The van der Waals surface area contributed by atoms with Gasteiger partial charge in [-0.05, 0) is 18.9 Å². The average molecular weight is 486 g/mol. The summed E-state index contributed by atoms with van der Waals surface area (Å²) in [6.45, 7) is 0.835. The van der Waals surface area contributed by atoms with Gasteiger partial charge in [-0.15, -0.1) is 24.0 Å². The molecule has 2 N–H and O–H groups in total. The zero-order valence-electron chi connectivity index (χ0n) is 16.2. The molecular weight excluding hydrogens is 455 g/mol. The summed E-state index contributed by atoms with van der Waals surface area (Å²) in [6.07, 6.45) is 7.01. The molecule has 0 aromatic heterocycles. The van der Waals surface area contributed by atoms with Crippen LogP contribution in [0.3, 0.4) is 0 Å². The van der Waals surface area contributed by atoms with E-state index in [1.807, 2.05) is 18.2 Å². The maximum absolute atomic E-state index is 12.0. The van der Waals surface area contributed by atoms with Gasteiger partial charge in [0.05, 0.1) is 12.6 Å². The number of benzene rings is 1. The lowest BCUT2D eigenvalue weighted by Crippen LogP contribution is -2.46. The number of para-hydroxylation sites is 1. The SMILES string of the molecule is CN(C)C(=O)CN=C(NC1CCCCC1)NC1CCOc2ccccc21.I. The fourth-order valence-corrected chi connectivity index (χ4v) is 3.52. The number of halogens is 1. The number of guanidine groups is 1. The van der Waals surface area contributed by atoms with Gasteiger partial charge in [0, 0.05) is 32.1 Å². The summed E-state index contributed by atoms with van der Waals surface area (Å²) in [5.74, 6) is 1.66. The highest BCUT2D eigenvalue weighted by molar-refractivity contribution is 14.0. The predicted octanol–water partition coefficient (Wildman–Crippen LogP) is 3.08. The third-order valence-corrected chi connectivity index (χ3v) is 5.09. The molecule has 6 nitrogen and oxygen atoms in total. The van der Waals surface area contributed by atoms with E-state index >= 15 is 0 Å². The van der Waals surface area contributed by atoms with E-state index < -0.39 is 0 Å². The van der Waals surface area contributed by atoms with Crippen molar-refractivity contribution in [3.63, 3.8) is 0 Å². The van der Waals surface area contributed by atoms with Crippen molar-refractivity contribution in [3.05, 3.63) is 29.8 Å². The van der Waals surface area contributed by atoms with Crippen LogP contribution >= 0.6 is 24.0 Å². The Hall–Kier alpha value is -1.51. The van der Waals surface area contributed by atoms with Crippen molar-refractivity contribution in [2.24, 2.45) is 4.99 Å². The lowest BCUT2D eigenvalue weighted by molar-refractivity contribution is -0.127. The van der Waals surface area contributed by atoms with E-state index in [2.05, 4.69) is 21.7 Å². The van der Waals surface area contributed by atoms with E-state index in [9.17, 15) is 4.79 Å². The van der Waals surface area contributed by atoms with Crippen LogP contribution in [0.2, 0.25) is 0 Å². The molecule has 0 radical (unpaired) electrons. The van der Waals surface area contributed by atoms with Crippen LogP contribution in [0.1, 0.15) is 50.1 Å². The first-order valence-electron chi connectivity index (χ1n) is 9.63. The highest BCUT2D eigenvalue weighted by Crippen LogP contribution is 2.31. The third-order valence-electron chi connectivity index (χ3n) is 5.09. The second-order valence-corrected chi connectivity index (χ2v) is 7.30. The number of likely N-dealkylation sites (N-methyl/N-ethyl adjacent to an activating group) is 1. The molecule has 2 aliphatic rings. The Kier molecular flexibility index (Phi) is 8.66. The van der Waals surface area contributed by atoms with Crippen molar-refractivity contribution in [1.29, 1.82) is 0 Å². The molecule has 0 saturated heterocycles. The molecule has 1 aromatic carbocycles. The molecule has 3 rings (SSSR count). The zero-order chi connectivity index (χ0) is 18.4. The summed E-state index contributed by atoms with van der Waals surface area (Å²) >= 11 is 0. The Morgan fingerprint density at radius 3 is 2.63 bits per heavy atom. The van der Waals surface area contributed by atoms with Crippen molar-refractivity contribution >= 4 is 35.8 Å². The van der Waals surface area contributed by atoms with E-state index in [1.165, 1.54) is 19.3 Å². The van der Waals surface area contributed by atoms with Crippen molar-refractivity contribution in [2.45, 2.75) is 50.6 Å². The second kappa shape index (κ2) is 10.7. The van der Waals surface area contributed by atoms with E-state index in [0.29, 0.717) is 12.6 Å². The number of hydrogen-bond acceptors (Lipinski definition) is 3. The second-order valence-electron chi connectivity index (χ2n) is 7.30. The van der Waals surface area contributed by atoms with Gasteiger partial charge in [0.25, 0.3) is 0 Å². The number of nitrogens with zero attached hydrogens (tertiary/aromatic N) is 2. The third kappa shape index (κ3) is 6.26. The molecule has 1 aliphatic heterocycles. The maximum Gasteiger partial charge on any atom is 0.243 e. The summed E-state index contributed by atoms with van der Waals surface area (Å²) in [5, 5.41) is 7.10. The molecule has 150 valence electrons. The van der Waals surface area contributed by atoms with Gasteiger partial charge in [-0.3, -0.25) is 4.79 Å². The van der Waals surface area contributed by atoms with Crippen LogP contribution in [0.5, 0.6) is 5.75 Å². The fourth-order valence-electron chi connectivity index (χ4n) is 3.52. The first-order valence-corrected chi connectivity index (χ1v) is 9.63. The molecule has 27 heavy (non-hydrogen) atoms. The van der Waals surface area contributed by atoms with Crippen LogP contribution in [-0.2, 0) is 4.79 Å². The first-order chi connectivity index (χ1) is 12.6. The summed E-state index contributed by atoms with van der Waals surface area (Å²) in [5.41, 5.74) is 1.15. The molecular formula is C20H31IN4O2. The number of hydrogen-bond donors (Lipinski definition) is 2. The molecule has 1 fully saturated rings. The van der Waals surface area contributed by atoms with Crippen LogP contribution in [0.15, 0.2) is 29.3 Å². The number of fused-ring (bicyclic) bond motifs is 1. The molecule has 1 saturated carbocycles. The number of carbonyl (C=O) groups excluding carboxylic acids is 1. The largest absolute Gasteiger partial charge is 0.493 e.